The first-order valence-corrected chi connectivity index (χ1v) is 7.53. The molecule has 0 unspecified atom stereocenters. The lowest BCUT2D eigenvalue weighted by atomic mass is 10.1. The molecule has 0 radical (unpaired) electrons. The van der Waals surface area contributed by atoms with Gasteiger partial charge in [0.15, 0.2) is 0 Å². The number of benzene rings is 2. The lowest BCUT2D eigenvalue weighted by molar-refractivity contribution is -0.116. The van der Waals surface area contributed by atoms with Crippen molar-refractivity contribution in [3.8, 4) is 0 Å². The van der Waals surface area contributed by atoms with Gasteiger partial charge in [0.25, 0.3) is 0 Å². The van der Waals surface area contributed by atoms with Gasteiger partial charge < -0.3 is 5.32 Å². The van der Waals surface area contributed by atoms with Gasteiger partial charge in [-0.15, -0.1) is 0 Å². The Bertz CT molecular complexity index is 668. The SMILES string of the molecule is Cc1cccc(NC(=O)CCc2cccc(Cl)c2Cl)c1C. The maximum absolute atomic E-state index is 12.1. The van der Waals surface area contributed by atoms with Gasteiger partial charge in [-0.3, -0.25) is 4.79 Å². The lowest BCUT2D eigenvalue weighted by Crippen LogP contribution is -2.13. The summed E-state index contributed by atoms with van der Waals surface area (Å²) in [6.45, 7) is 4.02. The molecule has 2 rings (SSSR count). The number of amides is 1. The molecule has 21 heavy (non-hydrogen) atoms. The van der Waals surface area contributed by atoms with Crippen molar-refractivity contribution >= 4 is 34.8 Å². The zero-order valence-corrected chi connectivity index (χ0v) is 13.6. The van der Waals surface area contributed by atoms with Crippen molar-refractivity contribution in [1.29, 1.82) is 0 Å². The molecule has 0 aliphatic carbocycles. The number of hydrogen-bond donors (Lipinski definition) is 1. The molecule has 1 N–H and O–H groups in total. The van der Waals surface area contributed by atoms with Gasteiger partial charge in [0, 0.05) is 12.1 Å². The molecule has 0 fully saturated rings. The third-order valence-electron chi connectivity index (χ3n) is 3.53. The van der Waals surface area contributed by atoms with E-state index in [0.29, 0.717) is 22.9 Å². The Morgan fingerprint density at radius 2 is 1.81 bits per heavy atom. The van der Waals surface area contributed by atoms with Crippen molar-refractivity contribution in [2.24, 2.45) is 0 Å². The van der Waals surface area contributed by atoms with Crippen molar-refractivity contribution in [3.05, 3.63) is 63.1 Å². The Balaban J connectivity index is 1.99. The third kappa shape index (κ3) is 3.99. The summed E-state index contributed by atoms with van der Waals surface area (Å²) >= 11 is 12.1. The van der Waals surface area contributed by atoms with Crippen molar-refractivity contribution in [3.63, 3.8) is 0 Å². The smallest absolute Gasteiger partial charge is 0.224 e. The molecule has 0 aliphatic rings. The van der Waals surface area contributed by atoms with Gasteiger partial charge in [0.1, 0.15) is 0 Å². The van der Waals surface area contributed by atoms with Crippen LogP contribution < -0.4 is 5.32 Å². The Hall–Kier alpha value is -1.51. The molecule has 2 aromatic carbocycles. The second-order valence-electron chi connectivity index (χ2n) is 5.01. The fourth-order valence-corrected chi connectivity index (χ4v) is 2.50. The minimum atomic E-state index is -0.0280. The number of carbonyl (C=O) groups is 1. The van der Waals surface area contributed by atoms with Gasteiger partial charge in [-0.2, -0.15) is 0 Å². The number of anilines is 1. The Labute approximate surface area is 135 Å². The van der Waals surface area contributed by atoms with Crippen LogP contribution in [0.3, 0.4) is 0 Å². The Morgan fingerprint density at radius 1 is 1.10 bits per heavy atom. The van der Waals surface area contributed by atoms with Crippen LogP contribution in [0.15, 0.2) is 36.4 Å². The predicted molar refractivity (Wildman–Crippen MR) is 89.3 cm³/mol. The van der Waals surface area contributed by atoms with E-state index in [-0.39, 0.29) is 5.91 Å². The summed E-state index contributed by atoms with van der Waals surface area (Å²) in [5, 5.41) is 3.98. The van der Waals surface area contributed by atoms with E-state index in [2.05, 4.69) is 5.32 Å². The van der Waals surface area contributed by atoms with E-state index in [1.807, 2.05) is 44.2 Å². The van der Waals surface area contributed by atoms with Gasteiger partial charge in [0.05, 0.1) is 10.0 Å². The van der Waals surface area contributed by atoms with Crippen molar-refractivity contribution in [2.45, 2.75) is 26.7 Å². The molecule has 0 heterocycles. The van der Waals surface area contributed by atoms with Crippen LogP contribution in [0.4, 0.5) is 5.69 Å². The first-order chi connectivity index (χ1) is 9.99. The monoisotopic (exact) mass is 321 g/mol. The van der Waals surface area contributed by atoms with E-state index in [1.165, 1.54) is 0 Å². The van der Waals surface area contributed by atoms with Gasteiger partial charge in [-0.25, -0.2) is 0 Å². The average Bonchev–Trinajstić information content (AvgIpc) is 2.45. The summed E-state index contributed by atoms with van der Waals surface area (Å²) in [6.07, 6.45) is 0.934. The maximum atomic E-state index is 12.1. The van der Waals surface area contributed by atoms with E-state index in [4.69, 9.17) is 23.2 Å². The van der Waals surface area contributed by atoms with E-state index >= 15 is 0 Å². The zero-order chi connectivity index (χ0) is 15.4. The fraction of sp³-hybridized carbons (Fsp3) is 0.235. The second kappa shape index (κ2) is 6.97. The molecule has 0 spiro atoms. The van der Waals surface area contributed by atoms with Crippen molar-refractivity contribution in [1.82, 2.24) is 0 Å². The van der Waals surface area contributed by atoms with Crippen LogP contribution in [0.25, 0.3) is 0 Å². The largest absolute Gasteiger partial charge is 0.326 e. The Kier molecular flexibility index (Phi) is 5.27. The Morgan fingerprint density at radius 3 is 2.57 bits per heavy atom. The molecule has 4 heteroatoms. The maximum Gasteiger partial charge on any atom is 0.224 e. The average molecular weight is 322 g/mol. The lowest BCUT2D eigenvalue weighted by Gasteiger charge is -2.11. The summed E-state index contributed by atoms with van der Waals surface area (Å²) in [6, 6.07) is 11.3. The highest BCUT2D eigenvalue weighted by Gasteiger charge is 2.09. The summed E-state index contributed by atoms with van der Waals surface area (Å²) < 4.78 is 0. The van der Waals surface area contributed by atoms with Crippen LogP contribution in [0.2, 0.25) is 10.0 Å². The first kappa shape index (κ1) is 15.9. The van der Waals surface area contributed by atoms with Crippen molar-refractivity contribution in [2.75, 3.05) is 5.32 Å². The van der Waals surface area contributed by atoms with Crippen LogP contribution in [0.1, 0.15) is 23.1 Å². The quantitative estimate of drug-likeness (QED) is 0.825. The van der Waals surface area contributed by atoms with Gasteiger partial charge in [-0.05, 0) is 49.1 Å². The van der Waals surface area contributed by atoms with Crippen molar-refractivity contribution < 1.29 is 4.79 Å². The summed E-state index contributed by atoms with van der Waals surface area (Å²) in [5.41, 5.74) is 4.00. The number of hydrogen-bond acceptors (Lipinski definition) is 1. The molecule has 0 aliphatic heterocycles. The molecule has 1 amide bonds. The highest BCUT2D eigenvalue weighted by molar-refractivity contribution is 6.42. The molecular weight excluding hydrogens is 305 g/mol. The predicted octanol–water partition coefficient (Wildman–Crippen LogP) is 5.18. The molecule has 0 saturated carbocycles. The van der Waals surface area contributed by atoms with Crippen LogP contribution in [0, 0.1) is 13.8 Å². The second-order valence-corrected chi connectivity index (χ2v) is 5.79. The summed E-state index contributed by atoms with van der Waals surface area (Å²) in [5.74, 6) is -0.0280. The zero-order valence-electron chi connectivity index (χ0n) is 12.0. The van der Waals surface area contributed by atoms with Crippen LogP contribution >= 0.6 is 23.2 Å². The standard InChI is InChI=1S/C17H17Cl2NO/c1-11-5-3-8-15(12(11)2)20-16(21)10-9-13-6-4-7-14(18)17(13)19/h3-8H,9-10H2,1-2H3,(H,20,21). The molecule has 0 saturated heterocycles. The topological polar surface area (TPSA) is 29.1 Å². The van der Waals surface area contributed by atoms with Gasteiger partial charge in [0.2, 0.25) is 5.91 Å². The van der Waals surface area contributed by atoms with Gasteiger partial charge >= 0.3 is 0 Å². The van der Waals surface area contributed by atoms with E-state index in [0.717, 1.165) is 22.4 Å². The highest BCUT2D eigenvalue weighted by Crippen LogP contribution is 2.26. The number of halogens is 2. The molecule has 0 bridgehead atoms. The molecule has 0 aromatic heterocycles. The summed E-state index contributed by atoms with van der Waals surface area (Å²) in [7, 11) is 0. The van der Waals surface area contributed by atoms with Crippen LogP contribution in [0.5, 0.6) is 0 Å². The highest BCUT2D eigenvalue weighted by atomic mass is 35.5. The minimum Gasteiger partial charge on any atom is -0.326 e. The molecule has 2 nitrogen and oxygen atoms in total. The van der Waals surface area contributed by atoms with E-state index < -0.39 is 0 Å². The molecule has 110 valence electrons. The first-order valence-electron chi connectivity index (χ1n) is 6.78. The van der Waals surface area contributed by atoms with Gasteiger partial charge in [-0.1, -0.05) is 47.5 Å². The van der Waals surface area contributed by atoms with E-state index in [9.17, 15) is 4.79 Å². The summed E-state index contributed by atoms with van der Waals surface area (Å²) in [4.78, 5) is 12.1. The molecule has 2 aromatic rings. The molecule has 0 atom stereocenters. The number of rotatable bonds is 4. The van der Waals surface area contributed by atoms with Crippen LogP contribution in [-0.2, 0) is 11.2 Å². The minimum absolute atomic E-state index is 0.0280. The fourth-order valence-electron chi connectivity index (χ4n) is 2.09. The number of nitrogens with one attached hydrogen (secondary N) is 1. The number of aryl methyl sites for hydroxylation is 2. The van der Waals surface area contributed by atoms with E-state index in [1.54, 1.807) is 6.07 Å². The third-order valence-corrected chi connectivity index (χ3v) is 4.39. The van der Waals surface area contributed by atoms with Crippen LogP contribution in [-0.4, -0.2) is 5.91 Å². The number of carbonyl (C=O) groups excluding carboxylic acids is 1. The normalized spacial score (nSPS) is 10.5. The molecular formula is C17H17Cl2NO.